The number of benzene rings is 1. The van der Waals surface area contributed by atoms with Crippen LogP contribution in [0.2, 0.25) is 0 Å². The van der Waals surface area contributed by atoms with Gasteiger partial charge in [0.05, 0.1) is 6.54 Å². The minimum Gasteiger partial charge on any atom is -0.395 e. The van der Waals surface area contributed by atoms with Crippen molar-refractivity contribution >= 4 is 17.5 Å². The maximum atomic E-state index is 13.0. The highest BCUT2D eigenvalue weighted by molar-refractivity contribution is 5.83. The molecule has 2 aliphatic heterocycles. The first kappa shape index (κ1) is 16.9. The van der Waals surface area contributed by atoms with E-state index in [0.717, 1.165) is 12.8 Å². The first-order chi connectivity index (χ1) is 12.4. The molecule has 1 saturated heterocycles. The Morgan fingerprint density at radius 3 is 2.42 bits per heavy atom. The standard InChI is InChI=1S/C17H19F2N3O4/c18-17(19)25-13-4-3-12(9-14(13)26-17)20-10-15(23)21-5-7-22(8-6-21)16(24)11-1-2-11/h3-4,9,11,20H,1-2,5-8,10H2. The van der Waals surface area contributed by atoms with Crippen LogP contribution < -0.4 is 14.8 Å². The molecule has 0 unspecified atom stereocenters. The number of amides is 2. The van der Waals surface area contributed by atoms with Crippen LogP contribution in [0.4, 0.5) is 14.5 Å². The van der Waals surface area contributed by atoms with Gasteiger partial charge in [-0.2, -0.15) is 0 Å². The SMILES string of the molecule is O=C(CNc1ccc2c(c1)OC(F)(F)O2)N1CCN(C(=O)C2CC2)CC1. The van der Waals surface area contributed by atoms with E-state index in [2.05, 4.69) is 14.8 Å². The van der Waals surface area contributed by atoms with Crippen LogP contribution in [0, 0.1) is 5.92 Å². The van der Waals surface area contributed by atoms with E-state index >= 15 is 0 Å². The first-order valence-electron chi connectivity index (χ1n) is 8.62. The Labute approximate surface area is 148 Å². The summed E-state index contributed by atoms with van der Waals surface area (Å²) in [6.45, 7) is 2.16. The molecule has 2 amide bonds. The van der Waals surface area contributed by atoms with E-state index in [9.17, 15) is 18.4 Å². The van der Waals surface area contributed by atoms with Crippen LogP contribution in [0.15, 0.2) is 18.2 Å². The van der Waals surface area contributed by atoms with Gasteiger partial charge in [0, 0.05) is 43.9 Å². The number of hydrogen-bond acceptors (Lipinski definition) is 5. The quantitative estimate of drug-likeness (QED) is 0.873. The van der Waals surface area contributed by atoms with Gasteiger partial charge in [0.1, 0.15) is 0 Å². The maximum absolute atomic E-state index is 13.0. The van der Waals surface area contributed by atoms with Crippen molar-refractivity contribution in [1.29, 1.82) is 0 Å². The molecule has 2 heterocycles. The molecular formula is C17H19F2N3O4. The lowest BCUT2D eigenvalue weighted by Gasteiger charge is -2.35. The average Bonchev–Trinajstić information content (AvgIpc) is 3.41. The Balaban J connectivity index is 1.26. The number of rotatable bonds is 4. The summed E-state index contributed by atoms with van der Waals surface area (Å²) in [6.07, 6.45) is -1.71. The van der Waals surface area contributed by atoms with Crippen molar-refractivity contribution in [1.82, 2.24) is 9.80 Å². The van der Waals surface area contributed by atoms with Crippen LogP contribution in [0.3, 0.4) is 0 Å². The van der Waals surface area contributed by atoms with Crippen LogP contribution in [0.1, 0.15) is 12.8 Å². The number of anilines is 1. The predicted molar refractivity (Wildman–Crippen MR) is 87.0 cm³/mol. The smallest absolute Gasteiger partial charge is 0.395 e. The van der Waals surface area contributed by atoms with E-state index in [1.54, 1.807) is 11.0 Å². The lowest BCUT2D eigenvalue weighted by molar-refractivity contribution is -0.286. The van der Waals surface area contributed by atoms with Crippen LogP contribution >= 0.6 is 0 Å². The molecule has 1 aromatic carbocycles. The zero-order chi connectivity index (χ0) is 18.3. The van der Waals surface area contributed by atoms with Gasteiger partial charge in [0.25, 0.3) is 0 Å². The summed E-state index contributed by atoms with van der Waals surface area (Å²) in [6, 6.07) is 4.28. The third-order valence-corrected chi connectivity index (χ3v) is 4.72. The number of halogens is 2. The van der Waals surface area contributed by atoms with Gasteiger partial charge in [-0.3, -0.25) is 9.59 Å². The second kappa shape index (κ2) is 6.30. The molecule has 1 saturated carbocycles. The number of carbonyl (C=O) groups is 2. The van der Waals surface area contributed by atoms with Crippen LogP contribution in [0.5, 0.6) is 11.5 Å². The third kappa shape index (κ3) is 3.51. The molecule has 1 aromatic rings. The van der Waals surface area contributed by atoms with Crippen LogP contribution in [-0.4, -0.2) is 60.6 Å². The molecule has 0 spiro atoms. The van der Waals surface area contributed by atoms with E-state index in [1.165, 1.54) is 12.1 Å². The second-order valence-electron chi connectivity index (χ2n) is 6.66. The predicted octanol–water partition coefficient (Wildman–Crippen LogP) is 1.50. The van der Waals surface area contributed by atoms with Gasteiger partial charge in [-0.15, -0.1) is 8.78 Å². The molecule has 0 bridgehead atoms. The number of nitrogens with zero attached hydrogens (tertiary/aromatic N) is 2. The summed E-state index contributed by atoms with van der Waals surface area (Å²) in [5.74, 6) is 0.180. The number of piperazine rings is 1. The molecule has 4 rings (SSSR count). The van der Waals surface area contributed by atoms with Crippen molar-refractivity contribution in [2.45, 2.75) is 19.1 Å². The molecule has 9 heteroatoms. The molecule has 26 heavy (non-hydrogen) atoms. The van der Waals surface area contributed by atoms with E-state index in [0.29, 0.717) is 31.9 Å². The Bertz CT molecular complexity index is 731. The Hall–Kier alpha value is -2.58. The van der Waals surface area contributed by atoms with Crippen molar-refractivity contribution in [2.75, 3.05) is 38.0 Å². The minimum atomic E-state index is -3.66. The summed E-state index contributed by atoms with van der Waals surface area (Å²) in [4.78, 5) is 27.9. The van der Waals surface area contributed by atoms with E-state index in [-0.39, 0.29) is 35.8 Å². The molecule has 1 N–H and O–H groups in total. The number of hydrogen-bond donors (Lipinski definition) is 1. The van der Waals surface area contributed by atoms with Gasteiger partial charge in [-0.05, 0) is 25.0 Å². The van der Waals surface area contributed by atoms with Gasteiger partial charge in [0.15, 0.2) is 11.5 Å². The number of nitrogens with one attached hydrogen (secondary N) is 1. The Kier molecular flexibility index (Phi) is 4.08. The van der Waals surface area contributed by atoms with Gasteiger partial charge < -0.3 is 24.6 Å². The van der Waals surface area contributed by atoms with E-state index < -0.39 is 6.29 Å². The monoisotopic (exact) mass is 367 g/mol. The van der Waals surface area contributed by atoms with Crippen LogP contribution in [0.25, 0.3) is 0 Å². The zero-order valence-electron chi connectivity index (χ0n) is 14.0. The number of ether oxygens (including phenoxy) is 2. The molecule has 3 aliphatic rings. The van der Waals surface area contributed by atoms with Crippen molar-refractivity contribution in [3.8, 4) is 11.5 Å². The highest BCUT2D eigenvalue weighted by Crippen LogP contribution is 2.42. The number of fused-ring (bicyclic) bond motifs is 1. The fourth-order valence-corrected chi connectivity index (χ4v) is 3.11. The molecule has 140 valence electrons. The number of carbonyl (C=O) groups excluding carboxylic acids is 2. The van der Waals surface area contributed by atoms with Gasteiger partial charge in [-0.1, -0.05) is 0 Å². The molecule has 0 aromatic heterocycles. The lowest BCUT2D eigenvalue weighted by Crippen LogP contribution is -2.52. The Morgan fingerprint density at radius 2 is 1.73 bits per heavy atom. The Morgan fingerprint density at radius 1 is 1.08 bits per heavy atom. The van der Waals surface area contributed by atoms with Gasteiger partial charge in [-0.25, -0.2) is 0 Å². The summed E-state index contributed by atoms with van der Waals surface area (Å²) in [7, 11) is 0. The molecule has 0 atom stereocenters. The average molecular weight is 367 g/mol. The zero-order valence-corrected chi connectivity index (χ0v) is 14.0. The van der Waals surface area contributed by atoms with Crippen molar-refractivity contribution in [3.05, 3.63) is 18.2 Å². The van der Waals surface area contributed by atoms with Gasteiger partial charge in [0.2, 0.25) is 11.8 Å². The van der Waals surface area contributed by atoms with Crippen molar-refractivity contribution in [2.24, 2.45) is 5.92 Å². The third-order valence-electron chi connectivity index (χ3n) is 4.72. The molecule has 7 nitrogen and oxygen atoms in total. The lowest BCUT2D eigenvalue weighted by atomic mass is 10.2. The fraction of sp³-hybridized carbons (Fsp3) is 0.529. The molecule has 1 aliphatic carbocycles. The topological polar surface area (TPSA) is 71.1 Å². The molecule has 2 fully saturated rings. The van der Waals surface area contributed by atoms with E-state index in [1.807, 2.05) is 4.90 Å². The van der Waals surface area contributed by atoms with E-state index in [4.69, 9.17) is 0 Å². The number of alkyl halides is 2. The summed E-state index contributed by atoms with van der Waals surface area (Å²) < 4.78 is 34.7. The second-order valence-corrected chi connectivity index (χ2v) is 6.66. The first-order valence-corrected chi connectivity index (χ1v) is 8.62. The largest absolute Gasteiger partial charge is 0.586 e. The minimum absolute atomic E-state index is 0.0343. The summed E-state index contributed by atoms with van der Waals surface area (Å²) in [5, 5.41) is 2.91. The summed E-state index contributed by atoms with van der Waals surface area (Å²) >= 11 is 0. The highest BCUT2D eigenvalue weighted by Gasteiger charge is 2.43. The normalized spacial score (nSPS) is 20.8. The van der Waals surface area contributed by atoms with Crippen molar-refractivity contribution in [3.63, 3.8) is 0 Å². The summed E-state index contributed by atoms with van der Waals surface area (Å²) in [5.41, 5.74) is 0.487. The van der Waals surface area contributed by atoms with Crippen LogP contribution in [-0.2, 0) is 9.59 Å². The maximum Gasteiger partial charge on any atom is 0.586 e. The van der Waals surface area contributed by atoms with Crippen molar-refractivity contribution < 1.29 is 27.8 Å². The van der Waals surface area contributed by atoms with Gasteiger partial charge >= 0.3 is 6.29 Å². The fourth-order valence-electron chi connectivity index (χ4n) is 3.11. The highest BCUT2D eigenvalue weighted by atomic mass is 19.3. The molecule has 0 radical (unpaired) electrons. The molecular weight excluding hydrogens is 348 g/mol.